The van der Waals surface area contributed by atoms with Gasteiger partial charge in [0.15, 0.2) is 0 Å². The summed E-state index contributed by atoms with van der Waals surface area (Å²) in [4.78, 5) is 2.44. The van der Waals surface area contributed by atoms with Crippen LogP contribution in [-0.2, 0) is 26.6 Å². The number of anilines is 1. The summed E-state index contributed by atoms with van der Waals surface area (Å²) in [5.74, 6) is 0. The molecule has 0 amide bonds. The third kappa shape index (κ3) is 2.24. The summed E-state index contributed by atoms with van der Waals surface area (Å²) >= 11 is 0. The Kier molecular flexibility index (Phi) is 2.80. The lowest BCUT2D eigenvalue weighted by Gasteiger charge is -2.28. The van der Waals surface area contributed by atoms with Crippen molar-refractivity contribution in [3.63, 3.8) is 0 Å². The summed E-state index contributed by atoms with van der Waals surface area (Å²) in [5.41, 5.74) is 10.8. The Morgan fingerprint density at radius 3 is 3.00 bits per heavy atom. The van der Waals surface area contributed by atoms with E-state index in [4.69, 9.17) is 5.73 Å². The smallest absolute Gasteiger partial charge is 0.0534 e. The molecule has 4 nitrogen and oxygen atoms in total. The summed E-state index contributed by atoms with van der Waals surface area (Å²) < 4.78 is 1.85. The van der Waals surface area contributed by atoms with E-state index in [9.17, 15) is 0 Å². The third-order valence-corrected chi connectivity index (χ3v) is 3.49. The van der Waals surface area contributed by atoms with Crippen molar-refractivity contribution < 1.29 is 0 Å². The predicted octanol–water partition coefficient (Wildman–Crippen LogP) is 1.56. The molecule has 0 radical (unpaired) electrons. The van der Waals surface area contributed by atoms with E-state index in [1.807, 2.05) is 24.0 Å². The van der Waals surface area contributed by atoms with Crippen LogP contribution in [0.3, 0.4) is 0 Å². The minimum absolute atomic E-state index is 0.858. The monoisotopic (exact) mass is 242 g/mol. The molecule has 0 fully saturated rings. The van der Waals surface area contributed by atoms with Gasteiger partial charge in [-0.15, -0.1) is 0 Å². The van der Waals surface area contributed by atoms with Crippen molar-refractivity contribution in [1.82, 2.24) is 14.7 Å². The molecule has 18 heavy (non-hydrogen) atoms. The molecular weight excluding hydrogens is 224 g/mol. The van der Waals surface area contributed by atoms with Gasteiger partial charge in [-0.3, -0.25) is 9.58 Å². The van der Waals surface area contributed by atoms with E-state index in [0.717, 1.165) is 31.7 Å². The highest BCUT2D eigenvalue weighted by molar-refractivity contribution is 5.45. The number of aryl methyl sites for hydroxylation is 1. The van der Waals surface area contributed by atoms with Crippen LogP contribution in [0, 0.1) is 0 Å². The third-order valence-electron chi connectivity index (χ3n) is 3.49. The van der Waals surface area contributed by atoms with Crippen LogP contribution < -0.4 is 5.73 Å². The van der Waals surface area contributed by atoms with E-state index in [2.05, 4.69) is 28.3 Å². The van der Waals surface area contributed by atoms with Crippen molar-refractivity contribution in [2.24, 2.45) is 7.05 Å². The van der Waals surface area contributed by atoms with Gasteiger partial charge in [0.25, 0.3) is 0 Å². The quantitative estimate of drug-likeness (QED) is 0.813. The van der Waals surface area contributed by atoms with Crippen LogP contribution in [0.1, 0.15) is 16.7 Å². The highest BCUT2D eigenvalue weighted by atomic mass is 15.2. The van der Waals surface area contributed by atoms with E-state index in [0.29, 0.717) is 0 Å². The molecule has 4 heteroatoms. The predicted molar refractivity (Wildman–Crippen MR) is 71.9 cm³/mol. The van der Waals surface area contributed by atoms with Crippen molar-refractivity contribution in [2.45, 2.75) is 19.5 Å². The second kappa shape index (κ2) is 4.46. The number of aromatic nitrogens is 2. The van der Waals surface area contributed by atoms with Gasteiger partial charge in [0.1, 0.15) is 0 Å². The molecule has 1 aliphatic heterocycles. The van der Waals surface area contributed by atoms with Crippen LogP contribution in [-0.4, -0.2) is 21.2 Å². The van der Waals surface area contributed by atoms with Crippen LogP contribution in [0.25, 0.3) is 0 Å². The zero-order valence-electron chi connectivity index (χ0n) is 10.6. The zero-order chi connectivity index (χ0) is 12.5. The maximum Gasteiger partial charge on any atom is 0.0534 e. The van der Waals surface area contributed by atoms with Crippen molar-refractivity contribution in [3.8, 4) is 0 Å². The molecule has 1 aliphatic rings. The van der Waals surface area contributed by atoms with Gasteiger partial charge in [0.2, 0.25) is 0 Å². The van der Waals surface area contributed by atoms with Gasteiger partial charge in [-0.05, 0) is 29.7 Å². The van der Waals surface area contributed by atoms with Gasteiger partial charge in [-0.1, -0.05) is 6.07 Å². The van der Waals surface area contributed by atoms with Crippen molar-refractivity contribution >= 4 is 5.69 Å². The number of benzene rings is 1. The molecule has 1 aromatic carbocycles. The summed E-state index contributed by atoms with van der Waals surface area (Å²) in [7, 11) is 1.95. The molecule has 1 aromatic heterocycles. The molecule has 2 heterocycles. The summed E-state index contributed by atoms with van der Waals surface area (Å²) in [6, 6.07) is 6.26. The lowest BCUT2D eigenvalue weighted by atomic mass is 9.99. The normalized spacial score (nSPS) is 15.6. The van der Waals surface area contributed by atoms with Crippen LogP contribution in [0.5, 0.6) is 0 Å². The Morgan fingerprint density at radius 1 is 1.33 bits per heavy atom. The number of rotatable bonds is 2. The number of fused-ring (bicyclic) bond motifs is 1. The molecule has 0 saturated carbocycles. The second-order valence-electron chi connectivity index (χ2n) is 5.01. The number of hydrogen-bond donors (Lipinski definition) is 1. The van der Waals surface area contributed by atoms with Crippen LogP contribution in [0.4, 0.5) is 5.69 Å². The van der Waals surface area contributed by atoms with Gasteiger partial charge in [0.05, 0.1) is 6.20 Å². The Bertz CT molecular complexity index is 559. The van der Waals surface area contributed by atoms with E-state index >= 15 is 0 Å². The Balaban J connectivity index is 1.74. The maximum absolute atomic E-state index is 5.85. The van der Waals surface area contributed by atoms with E-state index in [1.54, 1.807) is 0 Å². The van der Waals surface area contributed by atoms with Crippen molar-refractivity contribution in [2.75, 3.05) is 12.3 Å². The fraction of sp³-hybridized carbons (Fsp3) is 0.357. The highest BCUT2D eigenvalue weighted by Crippen LogP contribution is 2.22. The van der Waals surface area contributed by atoms with Crippen LogP contribution in [0.2, 0.25) is 0 Å². The first-order chi connectivity index (χ1) is 8.70. The number of nitrogen functional groups attached to an aromatic ring is 1. The number of nitrogens with two attached hydrogens (primary N) is 1. The Hall–Kier alpha value is -1.81. The lowest BCUT2D eigenvalue weighted by Crippen LogP contribution is -2.30. The molecule has 2 N–H and O–H groups in total. The van der Waals surface area contributed by atoms with Crippen LogP contribution >= 0.6 is 0 Å². The molecule has 0 unspecified atom stereocenters. The van der Waals surface area contributed by atoms with E-state index in [1.165, 1.54) is 16.7 Å². The zero-order valence-corrected chi connectivity index (χ0v) is 10.6. The fourth-order valence-electron chi connectivity index (χ4n) is 2.58. The fourth-order valence-corrected chi connectivity index (χ4v) is 2.58. The van der Waals surface area contributed by atoms with Crippen molar-refractivity contribution in [1.29, 1.82) is 0 Å². The van der Waals surface area contributed by atoms with E-state index in [-0.39, 0.29) is 0 Å². The molecule has 2 aromatic rings. The summed E-state index contributed by atoms with van der Waals surface area (Å²) in [5, 5.41) is 4.21. The molecule has 0 aliphatic carbocycles. The van der Waals surface area contributed by atoms with Gasteiger partial charge in [-0.2, -0.15) is 5.10 Å². The van der Waals surface area contributed by atoms with Crippen molar-refractivity contribution in [3.05, 3.63) is 47.3 Å². The molecule has 3 rings (SSSR count). The number of hydrogen-bond acceptors (Lipinski definition) is 3. The molecular formula is C14H18N4. The largest absolute Gasteiger partial charge is 0.399 e. The first-order valence-electron chi connectivity index (χ1n) is 6.28. The maximum atomic E-state index is 5.85. The minimum atomic E-state index is 0.858. The van der Waals surface area contributed by atoms with Gasteiger partial charge in [-0.25, -0.2) is 0 Å². The Labute approximate surface area is 107 Å². The lowest BCUT2D eigenvalue weighted by molar-refractivity contribution is 0.245. The number of nitrogens with zero attached hydrogens (tertiary/aromatic N) is 3. The summed E-state index contributed by atoms with van der Waals surface area (Å²) in [6.45, 7) is 3.04. The van der Waals surface area contributed by atoms with Gasteiger partial charge >= 0.3 is 0 Å². The van der Waals surface area contributed by atoms with E-state index < -0.39 is 0 Å². The highest BCUT2D eigenvalue weighted by Gasteiger charge is 2.16. The SMILES string of the molecule is Cn1cc(CN2CCc3ccc(N)cc3C2)cn1. The second-order valence-corrected chi connectivity index (χ2v) is 5.01. The average Bonchev–Trinajstić information content (AvgIpc) is 2.74. The first-order valence-corrected chi connectivity index (χ1v) is 6.28. The standard InChI is InChI=1S/C14H18N4/c1-17-8-11(7-16-17)9-18-5-4-12-2-3-14(15)6-13(12)10-18/h2-3,6-8H,4-5,9-10,15H2,1H3. The Morgan fingerprint density at radius 2 is 2.22 bits per heavy atom. The molecule has 0 bridgehead atoms. The molecule has 0 spiro atoms. The molecule has 0 saturated heterocycles. The topological polar surface area (TPSA) is 47.1 Å². The average molecular weight is 242 g/mol. The van der Waals surface area contributed by atoms with Gasteiger partial charge in [0, 0.05) is 44.1 Å². The minimum Gasteiger partial charge on any atom is -0.399 e. The van der Waals surface area contributed by atoms with Crippen LogP contribution in [0.15, 0.2) is 30.6 Å². The van der Waals surface area contributed by atoms with Gasteiger partial charge < -0.3 is 5.73 Å². The summed E-state index contributed by atoms with van der Waals surface area (Å²) in [6.07, 6.45) is 5.12. The first kappa shape index (κ1) is 11.3. The molecule has 0 atom stereocenters. The molecule has 94 valence electrons.